The summed E-state index contributed by atoms with van der Waals surface area (Å²) >= 11 is 0. The number of fused-ring (bicyclic) bond motifs is 1. The Kier molecular flexibility index (Phi) is 6.01. The van der Waals surface area contributed by atoms with Crippen LogP contribution in [0.25, 0.3) is 22.0 Å². The fourth-order valence-electron chi connectivity index (χ4n) is 3.50. The molecule has 0 radical (unpaired) electrons. The van der Waals surface area contributed by atoms with E-state index in [9.17, 15) is 22.0 Å². The molecule has 1 heterocycles. The molecule has 0 aliphatic carbocycles. The molecule has 1 aromatic heterocycles. The first-order valence-corrected chi connectivity index (χ1v) is 11.9. The van der Waals surface area contributed by atoms with Crippen molar-refractivity contribution >= 4 is 38.2 Å². The summed E-state index contributed by atoms with van der Waals surface area (Å²) in [6, 6.07) is 15.1. The molecular weight excluding hydrogens is 464 g/mol. The summed E-state index contributed by atoms with van der Waals surface area (Å²) in [6.45, 7) is 0. The zero-order valence-electron chi connectivity index (χ0n) is 18.5. The van der Waals surface area contributed by atoms with Gasteiger partial charge in [-0.05, 0) is 42.0 Å². The number of carbonyl (C=O) groups excluding carboxylic acids is 1. The van der Waals surface area contributed by atoms with Gasteiger partial charge in [-0.3, -0.25) is 9.10 Å². The molecule has 0 spiro atoms. The molecule has 0 aliphatic rings. The average Bonchev–Trinajstić information content (AvgIpc) is 3.23. The summed E-state index contributed by atoms with van der Waals surface area (Å²) in [5, 5.41) is 3.16. The second-order valence-electron chi connectivity index (χ2n) is 7.66. The molecule has 4 rings (SSSR count). The molecule has 4 aromatic rings. The van der Waals surface area contributed by atoms with E-state index < -0.39 is 27.6 Å². The fourth-order valence-corrected chi connectivity index (χ4v) is 4.00. The van der Waals surface area contributed by atoms with Gasteiger partial charge in [0.25, 0.3) is 5.91 Å². The Morgan fingerprint density at radius 2 is 1.79 bits per heavy atom. The Morgan fingerprint density at radius 1 is 1.06 bits per heavy atom. The largest absolute Gasteiger partial charge is 0.494 e. The van der Waals surface area contributed by atoms with Crippen LogP contribution in [0.1, 0.15) is 10.5 Å². The molecule has 0 bridgehead atoms. The number of halogens is 2. The first kappa shape index (κ1) is 23.2. The van der Waals surface area contributed by atoms with Crippen LogP contribution in [0.2, 0.25) is 0 Å². The molecule has 2 N–H and O–H groups in total. The summed E-state index contributed by atoms with van der Waals surface area (Å²) in [5.74, 6) is -2.09. The van der Waals surface area contributed by atoms with Crippen LogP contribution in [-0.4, -0.2) is 39.7 Å². The molecule has 0 unspecified atom stereocenters. The van der Waals surface area contributed by atoms with E-state index in [2.05, 4.69) is 10.3 Å². The van der Waals surface area contributed by atoms with Crippen molar-refractivity contribution in [3.63, 3.8) is 0 Å². The van der Waals surface area contributed by atoms with Gasteiger partial charge in [-0.2, -0.15) is 0 Å². The summed E-state index contributed by atoms with van der Waals surface area (Å²) in [5.41, 5.74) is 1.44. The number of aromatic nitrogens is 1. The molecule has 10 heteroatoms. The smallest absolute Gasteiger partial charge is 0.272 e. The predicted octanol–water partition coefficient (Wildman–Crippen LogP) is 4.77. The quantitative estimate of drug-likeness (QED) is 0.412. The minimum atomic E-state index is -3.46. The van der Waals surface area contributed by atoms with Gasteiger partial charge in [-0.15, -0.1) is 0 Å². The monoisotopic (exact) mass is 485 g/mol. The van der Waals surface area contributed by atoms with Gasteiger partial charge in [-0.1, -0.05) is 24.3 Å². The van der Waals surface area contributed by atoms with Gasteiger partial charge in [0.15, 0.2) is 11.6 Å². The van der Waals surface area contributed by atoms with E-state index >= 15 is 0 Å². The number of ether oxygens (including phenoxy) is 1. The van der Waals surface area contributed by atoms with Crippen LogP contribution in [0.4, 0.5) is 20.2 Å². The van der Waals surface area contributed by atoms with Gasteiger partial charge in [0.2, 0.25) is 10.0 Å². The van der Waals surface area contributed by atoms with Crippen molar-refractivity contribution in [1.29, 1.82) is 0 Å². The number of benzene rings is 3. The van der Waals surface area contributed by atoms with Crippen molar-refractivity contribution in [2.45, 2.75) is 0 Å². The second-order valence-corrected chi connectivity index (χ2v) is 9.67. The van der Waals surface area contributed by atoms with Crippen LogP contribution in [0.15, 0.2) is 60.7 Å². The van der Waals surface area contributed by atoms with E-state index in [0.717, 1.165) is 10.6 Å². The maximum Gasteiger partial charge on any atom is 0.272 e. The molecule has 34 heavy (non-hydrogen) atoms. The fraction of sp³-hybridized carbons (Fsp3) is 0.125. The molecule has 0 saturated heterocycles. The van der Waals surface area contributed by atoms with Gasteiger partial charge < -0.3 is 15.0 Å². The lowest BCUT2D eigenvalue weighted by molar-refractivity contribution is 0.102. The minimum Gasteiger partial charge on any atom is -0.494 e. The first-order chi connectivity index (χ1) is 16.1. The Hall–Kier alpha value is -3.92. The average molecular weight is 486 g/mol. The van der Waals surface area contributed by atoms with Gasteiger partial charge >= 0.3 is 0 Å². The maximum absolute atomic E-state index is 14.9. The molecule has 1 amide bonds. The van der Waals surface area contributed by atoms with E-state index in [1.165, 1.54) is 44.5 Å². The van der Waals surface area contributed by atoms with E-state index in [1.54, 1.807) is 30.3 Å². The van der Waals surface area contributed by atoms with E-state index in [4.69, 9.17) is 4.74 Å². The highest BCUT2D eigenvalue weighted by Gasteiger charge is 2.19. The number of sulfonamides is 1. The number of carbonyl (C=O) groups is 1. The first-order valence-electron chi connectivity index (χ1n) is 10.1. The number of aromatic amines is 1. The third-order valence-corrected chi connectivity index (χ3v) is 6.61. The molecule has 0 aliphatic heterocycles. The van der Waals surface area contributed by atoms with Crippen LogP contribution < -0.4 is 14.4 Å². The van der Waals surface area contributed by atoms with Crippen molar-refractivity contribution in [2.75, 3.05) is 30.0 Å². The zero-order valence-corrected chi connectivity index (χ0v) is 19.3. The minimum absolute atomic E-state index is 0.129. The standard InChI is InChI=1S/C24H21F2N3O4S/c1-29(34(3,31)32)16-9-8-14-10-21(27-19(14)13-16)24(30)28-20-11-15(12-22(33-2)23(20)26)17-6-4-5-7-18(17)25/h4-13,27H,1-3H3,(H,28,30). The van der Waals surface area contributed by atoms with Gasteiger partial charge in [-0.25, -0.2) is 17.2 Å². The molecule has 0 atom stereocenters. The summed E-state index contributed by atoms with van der Waals surface area (Å²) in [6.07, 6.45) is 1.09. The SMILES string of the molecule is COc1cc(-c2ccccc2F)cc(NC(=O)c2cc3ccc(N(C)S(C)(=O)=O)cc3[nH]2)c1F. The van der Waals surface area contributed by atoms with Crippen molar-refractivity contribution in [3.05, 3.63) is 78.0 Å². The number of H-pyrrole nitrogens is 1. The summed E-state index contributed by atoms with van der Waals surface area (Å²) in [7, 11) is -0.758. The number of methoxy groups -OCH3 is 1. The Labute approximate surface area is 195 Å². The highest BCUT2D eigenvalue weighted by atomic mass is 32.2. The molecule has 0 fully saturated rings. The normalized spacial score (nSPS) is 11.4. The Morgan fingerprint density at radius 3 is 2.47 bits per heavy atom. The number of nitrogens with zero attached hydrogens (tertiary/aromatic N) is 1. The van der Waals surface area contributed by atoms with E-state index in [1.807, 2.05) is 0 Å². The lowest BCUT2D eigenvalue weighted by Gasteiger charge is -2.16. The van der Waals surface area contributed by atoms with E-state index in [0.29, 0.717) is 22.2 Å². The highest BCUT2D eigenvalue weighted by molar-refractivity contribution is 7.92. The van der Waals surface area contributed by atoms with Crippen LogP contribution in [-0.2, 0) is 10.0 Å². The van der Waals surface area contributed by atoms with Gasteiger partial charge in [0.05, 0.1) is 24.7 Å². The van der Waals surface area contributed by atoms with E-state index in [-0.39, 0.29) is 22.7 Å². The highest BCUT2D eigenvalue weighted by Crippen LogP contribution is 2.34. The van der Waals surface area contributed by atoms with Crippen LogP contribution in [0.5, 0.6) is 5.75 Å². The predicted molar refractivity (Wildman–Crippen MR) is 128 cm³/mol. The Bertz CT molecular complexity index is 1520. The third kappa shape index (κ3) is 4.44. The molecule has 0 saturated carbocycles. The van der Waals surface area contributed by atoms with Gasteiger partial charge in [0, 0.05) is 23.5 Å². The number of anilines is 2. The van der Waals surface area contributed by atoms with Crippen molar-refractivity contribution in [1.82, 2.24) is 4.98 Å². The molecule has 7 nitrogen and oxygen atoms in total. The second kappa shape index (κ2) is 8.79. The Balaban J connectivity index is 1.68. The van der Waals surface area contributed by atoms with Gasteiger partial charge in [0.1, 0.15) is 11.5 Å². The maximum atomic E-state index is 14.9. The van der Waals surface area contributed by atoms with Crippen LogP contribution >= 0.6 is 0 Å². The molecular formula is C24H21F2N3O4S. The number of nitrogens with one attached hydrogen (secondary N) is 2. The third-order valence-electron chi connectivity index (χ3n) is 5.40. The topological polar surface area (TPSA) is 91.5 Å². The molecule has 176 valence electrons. The lowest BCUT2D eigenvalue weighted by atomic mass is 10.0. The number of hydrogen-bond donors (Lipinski definition) is 2. The van der Waals surface area contributed by atoms with Crippen molar-refractivity contribution in [2.24, 2.45) is 0 Å². The van der Waals surface area contributed by atoms with Crippen molar-refractivity contribution < 1.29 is 26.7 Å². The van der Waals surface area contributed by atoms with Crippen molar-refractivity contribution in [3.8, 4) is 16.9 Å². The number of hydrogen-bond acceptors (Lipinski definition) is 4. The van der Waals surface area contributed by atoms with Crippen LogP contribution in [0, 0.1) is 11.6 Å². The number of amides is 1. The summed E-state index contributed by atoms with van der Waals surface area (Å²) < 4.78 is 59.0. The lowest BCUT2D eigenvalue weighted by Crippen LogP contribution is -2.24. The number of rotatable bonds is 6. The zero-order chi connectivity index (χ0) is 24.6. The van der Waals surface area contributed by atoms with Crippen LogP contribution in [0.3, 0.4) is 0 Å². The summed E-state index contributed by atoms with van der Waals surface area (Å²) in [4.78, 5) is 15.8. The molecule has 3 aromatic carbocycles.